The van der Waals surface area contributed by atoms with Gasteiger partial charge in [-0.2, -0.15) is 0 Å². The van der Waals surface area contributed by atoms with Crippen molar-refractivity contribution < 1.29 is 29.0 Å². The second-order valence-electron chi connectivity index (χ2n) is 10.2. The highest BCUT2D eigenvalue weighted by Crippen LogP contribution is 2.34. The Hall–Kier alpha value is -3.09. The first-order valence-corrected chi connectivity index (χ1v) is 13.6. The molecule has 0 aliphatic carbocycles. The van der Waals surface area contributed by atoms with Crippen LogP contribution in [0.2, 0.25) is 0 Å². The van der Waals surface area contributed by atoms with E-state index in [4.69, 9.17) is 9.47 Å². The van der Waals surface area contributed by atoms with E-state index in [2.05, 4.69) is 6.58 Å². The smallest absolute Gasteiger partial charge is 0.189 e. The standard InChI is InChI=1S/C32H40O6/c1-4-6-29(34)32(3,30(35)16-19-33)23(2)31(36)27-10-8-25(9-11-27)26-12-14-28(15-13-26)38-20-5-7-24-17-21-37-22-18-24/h8-15,24,33H,2,4-7,16-22H2,1,3H3. The lowest BCUT2D eigenvalue weighted by Crippen LogP contribution is -2.41. The Morgan fingerprint density at radius 3 is 2.13 bits per heavy atom. The monoisotopic (exact) mass is 520 g/mol. The van der Waals surface area contributed by atoms with Crippen LogP contribution in [-0.2, 0) is 14.3 Å². The molecule has 38 heavy (non-hydrogen) atoms. The van der Waals surface area contributed by atoms with E-state index >= 15 is 0 Å². The van der Waals surface area contributed by atoms with Crippen LogP contribution in [-0.4, -0.2) is 48.9 Å². The number of ketones is 3. The highest BCUT2D eigenvalue weighted by molar-refractivity contribution is 6.21. The summed E-state index contributed by atoms with van der Waals surface area (Å²) >= 11 is 0. The van der Waals surface area contributed by atoms with Gasteiger partial charge in [-0.3, -0.25) is 14.4 Å². The van der Waals surface area contributed by atoms with Gasteiger partial charge < -0.3 is 14.6 Å². The quantitative estimate of drug-likeness (QED) is 0.134. The summed E-state index contributed by atoms with van der Waals surface area (Å²) in [4.78, 5) is 38.9. The second-order valence-corrected chi connectivity index (χ2v) is 10.2. The molecule has 1 fully saturated rings. The number of Topliss-reactive ketones (excluding diaryl/α,β-unsaturated/α-hetero) is 3. The summed E-state index contributed by atoms with van der Waals surface area (Å²) in [7, 11) is 0. The van der Waals surface area contributed by atoms with Gasteiger partial charge in [0.2, 0.25) is 0 Å². The Balaban J connectivity index is 1.61. The summed E-state index contributed by atoms with van der Waals surface area (Å²) in [6.07, 6.45) is 5.00. The molecule has 204 valence electrons. The van der Waals surface area contributed by atoms with Crippen LogP contribution in [0.25, 0.3) is 11.1 Å². The molecule has 0 spiro atoms. The Kier molecular flexibility index (Phi) is 11.0. The van der Waals surface area contributed by atoms with Crippen molar-refractivity contribution in [3.8, 4) is 16.9 Å². The predicted molar refractivity (Wildman–Crippen MR) is 148 cm³/mol. The summed E-state index contributed by atoms with van der Waals surface area (Å²) in [5, 5.41) is 9.25. The molecular formula is C32H40O6. The SMILES string of the molecule is C=C(C(=O)c1ccc(-c2ccc(OCCCC3CCOCC3)cc2)cc1)C(C)(C(=O)CCC)C(=O)CCO. The molecule has 2 aromatic rings. The van der Waals surface area contributed by atoms with E-state index in [-0.39, 0.29) is 30.8 Å². The number of rotatable bonds is 15. The molecular weight excluding hydrogens is 480 g/mol. The molecule has 0 saturated carbocycles. The first-order chi connectivity index (χ1) is 18.3. The number of carbonyl (C=O) groups is 3. The average molecular weight is 521 g/mol. The third-order valence-electron chi connectivity index (χ3n) is 7.51. The highest BCUT2D eigenvalue weighted by atomic mass is 16.5. The third kappa shape index (κ3) is 7.27. The summed E-state index contributed by atoms with van der Waals surface area (Å²) in [5.41, 5.74) is 0.573. The van der Waals surface area contributed by atoms with E-state index < -0.39 is 17.0 Å². The zero-order chi connectivity index (χ0) is 27.5. The largest absolute Gasteiger partial charge is 0.494 e. The fourth-order valence-electron chi connectivity index (χ4n) is 4.88. The van der Waals surface area contributed by atoms with Gasteiger partial charge in [0.15, 0.2) is 17.3 Å². The van der Waals surface area contributed by atoms with Gasteiger partial charge in [0, 0.05) is 37.2 Å². The topological polar surface area (TPSA) is 89.9 Å². The van der Waals surface area contributed by atoms with Crippen LogP contribution < -0.4 is 4.74 Å². The lowest BCUT2D eigenvalue weighted by atomic mass is 9.70. The number of allylic oxidation sites excluding steroid dienone is 1. The molecule has 1 unspecified atom stereocenters. The van der Waals surface area contributed by atoms with E-state index in [1.165, 1.54) is 13.3 Å². The zero-order valence-corrected chi connectivity index (χ0v) is 22.7. The molecule has 3 rings (SSSR count). The van der Waals surface area contributed by atoms with Gasteiger partial charge in [-0.25, -0.2) is 0 Å². The van der Waals surface area contributed by atoms with Crippen molar-refractivity contribution in [3.63, 3.8) is 0 Å². The van der Waals surface area contributed by atoms with Crippen LogP contribution in [0.5, 0.6) is 5.75 Å². The maximum absolute atomic E-state index is 13.2. The Bertz CT molecular complexity index is 1080. The molecule has 6 nitrogen and oxygen atoms in total. The number of carbonyl (C=O) groups excluding carboxylic acids is 3. The van der Waals surface area contributed by atoms with Crippen molar-refractivity contribution in [1.29, 1.82) is 0 Å². The van der Waals surface area contributed by atoms with E-state index in [1.807, 2.05) is 43.3 Å². The summed E-state index contributed by atoms with van der Waals surface area (Å²) < 4.78 is 11.3. The van der Waals surface area contributed by atoms with Gasteiger partial charge in [-0.05, 0) is 68.2 Å². The summed E-state index contributed by atoms with van der Waals surface area (Å²) in [6, 6.07) is 14.9. The normalized spacial score (nSPS) is 15.4. The van der Waals surface area contributed by atoms with Crippen LogP contribution in [0.1, 0.15) is 69.2 Å². The van der Waals surface area contributed by atoms with E-state index in [0.717, 1.165) is 55.3 Å². The van der Waals surface area contributed by atoms with Crippen LogP contribution in [0, 0.1) is 11.3 Å². The fraction of sp³-hybridized carbons (Fsp3) is 0.469. The molecule has 1 saturated heterocycles. The van der Waals surface area contributed by atoms with Crippen molar-refractivity contribution in [1.82, 2.24) is 0 Å². The third-order valence-corrected chi connectivity index (χ3v) is 7.51. The fourth-order valence-corrected chi connectivity index (χ4v) is 4.88. The van der Waals surface area contributed by atoms with Gasteiger partial charge in [0.25, 0.3) is 0 Å². The first-order valence-electron chi connectivity index (χ1n) is 13.6. The van der Waals surface area contributed by atoms with Crippen LogP contribution in [0.15, 0.2) is 60.7 Å². The van der Waals surface area contributed by atoms with Crippen molar-refractivity contribution in [2.75, 3.05) is 26.4 Å². The van der Waals surface area contributed by atoms with Gasteiger partial charge in [-0.15, -0.1) is 0 Å². The number of ether oxygens (including phenoxy) is 2. The molecule has 0 radical (unpaired) electrons. The van der Waals surface area contributed by atoms with Gasteiger partial charge in [-0.1, -0.05) is 49.9 Å². The van der Waals surface area contributed by atoms with Gasteiger partial charge in [0.1, 0.15) is 11.2 Å². The van der Waals surface area contributed by atoms with E-state index in [9.17, 15) is 19.5 Å². The Morgan fingerprint density at radius 2 is 1.55 bits per heavy atom. The van der Waals surface area contributed by atoms with Crippen molar-refractivity contribution in [3.05, 3.63) is 66.2 Å². The number of hydrogen-bond donors (Lipinski definition) is 1. The maximum Gasteiger partial charge on any atom is 0.189 e. The Labute approximate surface area is 226 Å². The molecule has 1 atom stereocenters. The molecule has 6 heteroatoms. The summed E-state index contributed by atoms with van der Waals surface area (Å²) in [6.45, 7) is 9.21. The van der Waals surface area contributed by atoms with Gasteiger partial charge >= 0.3 is 0 Å². The predicted octanol–water partition coefficient (Wildman–Crippen LogP) is 6.01. The molecule has 0 amide bonds. The Morgan fingerprint density at radius 1 is 0.974 bits per heavy atom. The second kappa shape index (κ2) is 14.2. The molecule has 1 heterocycles. The highest BCUT2D eigenvalue weighted by Gasteiger charge is 2.44. The molecule has 1 aliphatic rings. The maximum atomic E-state index is 13.2. The minimum absolute atomic E-state index is 0.0551. The average Bonchev–Trinajstić information content (AvgIpc) is 2.95. The summed E-state index contributed by atoms with van der Waals surface area (Å²) in [5.74, 6) is 0.290. The first kappa shape index (κ1) is 29.5. The van der Waals surface area contributed by atoms with Crippen LogP contribution in [0.3, 0.4) is 0 Å². The molecule has 0 aromatic heterocycles. The van der Waals surface area contributed by atoms with Crippen LogP contribution in [0.4, 0.5) is 0 Å². The minimum Gasteiger partial charge on any atom is -0.494 e. The van der Waals surface area contributed by atoms with Crippen molar-refractivity contribution in [2.24, 2.45) is 11.3 Å². The van der Waals surface area contributed by atoms with E-state index in [1.54, 1.807) is 12.1 Å². The number of benzene rings is 2. The van der Waals surface area contributed by atoms with Crippen molar-refractivity contribution in [2.45, 2.75) is 58.8 Å². The minimum atomic E-state index is -1.64. The van der Waals surface area contributed by atoms with Crippen LogP contribution >= 0.6 is 0 Å². The lowest BCUT2D eigenvalue weighted by Gasteiger charge is -2.28. The molecule has 1 N–H and O–H groups in total. The number of aliphatic hydroxyl groups excluding tert-OH is 1. The molecule has 2 aromatic carbocycles. The zero-order valence-electron chi connectivity index (χ0n) is 22.7. The van der Waals surface area contributed by atoms with Crippen molar-refractivity contribution >= 4 is 17.3 Å². The molecule has 0 bridgehead atoms. The van der Waals surface area contributed by atoms with Gasteiger partial charge in [0.05, 0.1) is 13.2 Å². The van der Waals surface area contributed by atoms with E-state index in [0.29, 0.717) is 18.6 Å². The number of aliphatic hydroxyl groups is 1. The molecule has 1 aliphatic heterocycles. The lowest BCUT2D eigenvalue weighted by molar-refractivity contribution is -0.137. The number of hydrogen-bond acceptors (Lipinski definition) is 6.